The second-order valence-corrected chi connectivity index (χ2v) is 8.01. The van der Waals surface area contributed by atoms with E-state index in [1.807, 2.05) is 0 Å². The Bertz CT molecular complexity index is 1150. The highest BCUT2D eigenvalue weighted by molar-refractivity contribution is 7.18. The predicted octanol–water partition coefficient (Wildman–Crippen LogP) is 1.43. The Kier molecular flexibility index (Phi) is 7.27. The highest BCUT2D eigenvalue weighted by atomic mass is 32.1. The molecule has 0 aromatic carbocycles. The first-order valence-corrected chi connectivity index (χ1v) is 10.9. The van der Waals surface area contributed by atoms with Crippen molar-refractivity contribution in [2.45, 2.75) is 13.8 Å². The molecule has 3 aromatic rings. The third-order valence-electron chi connectivity index (χ3n) is 4.07. The standard InChI is InChI=1S/C18H18N6O6S2/c1-4-29-17(27)12-9(2)13(15(26)19-3)32-16(12)21-11(25)7-30-18(28)14-10(5-6-31-14)24-8-20-22-23-24/h5-6,8H,4,7H2,1-3H3,(H,19,26)(H,21,25). The van der Waals surface area contributed by atoms with Crippen molar-refractivity contribution in [3.05, 3.63) is 38.7 Å². The number of ether oxygens (including phenoxy) is 2. The van der Waals surface area contributed by atoms with Crippen LogP contribution >= 0.6 is 22.7 Å². The fourth-order valence-corrected chi connectivity index (χ4v) is 4.58. The average Bonchev–Trinajstić information content (AvgIpc) is 3.51. The number of hydrogen-bond acceptors (Lipinski definition) is 11. The topological polar surface area (TPSA) is 154 Å². The molecule has 0 radical (unpaired) electrons. The molecule has 3 heterocycles. The molecule has 2 amide bonds. The lowest BCUT2D eigenvalue weighted by atomic mass is 10.1. The zero-order valence-electron chi connectivity index (χ0n) is 17.2. The molecule has 0 fully saturated rings. The van der Waals surface area contributed by atoms with Gasteiger partial charge in [0.2, 0.25) is 0 Å². The zero-order chi connectivity index (χ0) is 23.3. The molecule has 0 aliphatic heterocycles. The van der Waals surface area contributed by atoms with Crippen LogP contribution in [-0.2, 0) is 14.3 Å². The number of hydrogen-bond donors (Lipinski definition) is 2. The van der Waals surface area contributed by atoms with Gasteiger partial charge in [-0.1, -0.05) is 0 Å². The van der Waals surface area contributed by atoms with E-state index in [2.05, 4.69) is 26.2 Å². The summed E-state index contributed by atoms with van der Waals surface area (Å²) in [6.45, 7) is 2.74. The van der Waals surface area contributed by atoms with Crippen LogP contribution in [0, 0.1) is 6.92 Å². The molecule has 0 atom stereocenters. The number of nitrogens with zero attached hydrogens (tertiary/aromatic N) is 4. The smallest absolute Gasteiger partial charge is 0.351 e. The molecular formula is C18H18N6O6S2. The van der Waals surface area contributed by atoms with Gasteiger partial charge in [-0.2, -0.15) is 4.68 Å². The van der Waals surface area contributed by atoms with E-state index >= 15 is 0 Å². The van der Waals surface area contributed by atoms with Crippen molar-refractivity contribution in [2.24, 2.45) is 0 Å². The highest BCUT2D eigenvalue weighted by Gasteiger charge is 2.26. The van der Waals surface area contributed by atoms with Crippen molar-refractivity contribution in [3.63, 3.8) is 0 Å². The van der Waals surface area contributed by atoms with Crippen LogP contribution in [0.25, 0.3) is 5.69 Å². The maximum absolute atomic E-state index is 12.4. The average molecular weight is 479 g/mol. The lowest BCUT2D eigenvalue weighted by Gasteiger charge is -2.08. The van der Waals surface area contributed by atoms with E-state index in [4.69, 9.17) is 9.47 Å². The molecule has 2 N–H and O–H groups in total. The predicted molar refractivity (Wildman–Crippen MR) is 114 cm³/mol. The fraction of sp³-hybridized carbons (Fsp3) is 0.278. The molecule has 3 aromatic heterocycles. The summed E-state index contributed by atoms with van der Waals surface area (Å²) in [6.07, 6.45) is 1.33. The van der Waals surface area contributed by atoms with Gasteiger partial charge in [0.1, 0.15) is 16.2 Å². The molecule has 0 aliphatic rings. The van der Waals surface area contributed by atoms with Crippen molar-refractivity contribution in [3.8, 4) is 5.69 Å². The molecule has 0 saturated heterocycles. The molecule has 32 heavy (non-hydrogen) atoms. The molecule has 0 saturated carbocycles. The maximum atomic E-state index is 12.4. The number of nitrogens with one attached hydrogen (secondary N) is 2. The van der Waals surface area contributed by atoms with Crippen molar-refractivity contribution in [2.75, 3.05) is 25.6 Å². The first kappa shape index (κ1) is 23.0. The van der Waals surface area contributed by atoms with Crippen molar-refractivity contribution in [1.29, 1.82) is 0 Å². The van der Waals surface area contributed by atoms with Crippen LogP contribution in [0.4, 0.5) is 5.00 Å². The molecular weight excluding hydrogens is 460 g/mol. The van der Waals surface area contributed by atoms with Gasteiger partial charge in [-0.25, -0.2) is 9.59 Å². The summed E-state index contributed by atoms with van der Waals surface area (Å²) in [5.74, 6) is -2.50. The van der Waals surface area contributed by atoms with E-state index in [0.717, 1.165) is 22.7 Å². The quantitative estimate of drug-likeness (QED) is 0.457. The number of carbonyl (C=O) groups is 4. The molecule has 0 aliphatic carbocycles. The first-order valence-electron chi connectivity index (χ1n) is 9.17. The van der Waals surface area contributed by atoms with E-state index in [0.29, 0.717) is 11.3 Å². The van der Waals surface area contributed by atoms with Gasteiger partial charge in [-0.3, -0.25) is 9.59 Å². The summed E-state index contributed by atoms with van der Waals surface area (Å²) in [6, 6.07) is 1.64. The van der Waals surface area contributed by atoms with Crippen molar-refractivity contribution < 1.29 is 28.7 Å². The second-order valence-electron chi connectivity index (χ2n) is 6.07. The van der Waals surface area contributed by atoms with Crippen molar-refractivity contribution >= 4 is 51.4 Å². The molecule has 0 spiro atoms. The number of aromatic nitrogens is 4. The second kappa shape index (κ2) is 10.1. The van der Waals surface area contributed by atoms with Gasteiger partial charge in [-0.05, 0) is 41.3 Å². The van der Waals surface area contributed by atoms with Gasteiger partial charge in [-0.15, -0.1) is 27.8 Å². The van der Waals surface area contributed by atoms with Gasteiger partial charge in [0.15, 0.2) is 6.61 Å². The fourth-order valence-electron chi connectivity index (χ4n) is 2.65. The van der Waals surface area contributed by atoms with Gasteiger partial charge < -0.3 is 20.1 Å². The van der Waals surface area contributed by atoms with E-state index in [9.17, 15) is 19.2 Å². The van der Waals surface area contributed by atoms with Crippen molar-refractivity contribution in [1.82, 2.24) is 25.5 Å². The third-order valence-corrected chi connectivity index (χ3v) is 6.16. The van der Waals surface area contributed by atoms with Crippen LogP contribution in [0.5, 0.6) is 0 Å². The lowest BCUT2D eigenvalue weighted by Crippen LogP contribution is -2.22. The molecule has 14 heteroatoms. The Balaban J connectivity index is 1.72. The van der Waals surface area contributed by atoms with Crippen LogP contribution in [0.2, 0.25) is 0 Å². The monoisotopic (exact) mass is 478 g/mol. The number of carbonyl (C=O) groups excluding carboxylic acids is 4. The minimum Gasteiger partial charge on any atom is -0.462 e. The Morgan fingerprint density at radius 1 is 1.16 bits per heavy atom. The van der Waals surface area contributed by atoms with E-state index < -0.39 is 30.4 Å². The zero-order valence-corrected chi connectivity index (χ0v) is 18.8. The van der Waals surface area contributed by atoms with Crippen LogP contribution in [0.1, 0.15) is 42.2 Å². The number of rotatable bonds is 8. The largest absolute Gasteiger partial charge is 0.462 e. The molecule has 0 unspecified atom stereocenters. The minimum absolute atomic E-state index is 0.0781. The summed E-state index contributed by atoms with van der Waals surface area (Å²) in [7, 11) is 1.46. The number of anilines is 1. The molecule has 0 bridgehead atoms. The van der Waals surface area contributed by atoms with Crippen LogP contribution in [-0.4, -0.2) is 64.2 Å². The molecule has 12 nitrogen and oxygen atoms in total. The summed E-state index contributed by atoms with van der Waals surface area (Å²) in [4.78, 5) is 49.8. The van der Waals surface area contributed by atoms with Crippen LogP contribution in [0.15, 0.2) is 17.8 Å². The van der Waals surface area contributed by atoms with Gasteiger partial charge in [0.25, 0.3) is 11.8 Å². The van der Waals surface area contributed by atoms with Crippen LogP contribution < -0.4 is 10.6 Å². The SMILES string of the molecule is CCOC(=O)c1c(NC(=O)COC(=O)c2sccc2-n2cnnn2)sc(C(=O)NC)c1C. The van der Waals surface area contributed by atoms with Gasteiger partial charge in [0.05, 0.1) is 22.7 Å². The Hall–Kier alpha value is -3.65. The van der Waals surface area contributed by atoms with E-state index in [1.165, 1.54) is 18.1 Å². The summed E-state index contributed by atoms with van der Waals surface area (Å²) in [5, 5.41) is 17.6. The first-order chi connectivity index (χ1) is 15.4. The third kappa shape index (κ3) is 4.81. The Morgan fingerprint density at radius 2 is 1.94 bits per heavy atom. The minimum atomic E-state index is -0.736. The van der Waals surface area contributed by atoms with Crippen LogP contribution in [0.3, 0.4) is 0 Å². The number of tetrazole rings is 1. The Morgan fingerprint density at radius 3 is 2.59 bits per heavy atom. The number of thiophene rings is 2. The van der Waals surface area contributed by atoms with Gasteiger partial charge >= 0.3 is 11.9 Å². The molecule has 168 valence electrons. The summed E-state index contributed by atoms with van der Waals surface area (Å²) >= 11 is 2.03. The molecule has 3 rings (SSSR count). The summed E-state index contributed by atoms with van der Waals surface area (Å²) < 4.78 is 11.4. The number of amides is 2. The summed E-state index contributed by atoms with van der Waals surface area (Å²) in [5.41, 5.74) is 0.873. The maximum Gasteiger partial charge on any atom is 0.351 e. The van der Waals surface area contributed by atoms with E-state index in [1.54, 1.807) is 25.3 Å². The normalized spacial score (nSPS) is 10.5. The lowest BCUT2D eigenvalue weighted by molar-refractivity contribution is -0.119. The Labute approximate surface area is 189 Å². The highest BCUT2D eigenvalue weighted by Crippen LogP contribution is 2.33. The van der Waals surface area contributed by atoms with E-state index in [-0.39, 0.29) is 26.9 Å². The van der Waals surface area contributed by atoms with Gasteiger partial charge in [0, 0.05) is 7.05 Å². The number of esters is 2.